The lowest BCUT2D eigenvalue weighted by Gasteiger charge is -2.32. The molecule has 1 fully saturated rings. The third-order valence-corrected chi connectivity index (χ3v) is 5.11. The molecule has 0 amide bonds. The summed E-state index contributed by atoms with van der Waals surface area (Å²) < 4.78 is 24.1. The average Bonchev–Trinajstić information content (AvgIpc) is 2.70. The molecule has 1 aromatic heterocycles. The molecular weight excluding hydrogens is 260 g/mol. The molecule has 0 radical (unpaired) electrons. The summed E-state index contributed by atoms with van der Waals surface area (Å²) in [4.78, 5) is 0.0884. The first-order chi connectivity index (χ1) is 7.88. The molecule has 96 valence electrons. The summed E-state index contributed by atoms with van der Waals surface area (Å²) in [6.07, 6.45) is 6.12. The van der Waals surface area contributed by atoms with Crippen molar-refractivity contribution in [2.24, 2.45) is 11.8 Å². The molecule has 6 heteroatoms. The maximum atomic E-state index is 11.2. The Morgan fingerprint density at radius 2 is 2.06 bits per heavy atom. The van der Waals surface area contributed by atoms with E-state index in [1.54, 1.807) is 4.68 Å². The maximum Gasteiger partial charge on any atom is 0.264 e. The van der Waals surface area contributed by atoms with Crippen LogP contribution >= 0.6 is 10.7 Å². The molecule has 1 aromatic rings. The second kappa shape index (κ2) is 4.61. The maximum absolute atomic E-state index is 11.2. The van der Waals surface area contributed by atoms with Gasteiger partial charge in [-0.3, -0.25) is 4.68 Å². The lowest BCUT2D eigenvalue weighted by Crippen LogP contribution is -2.23. The predicted octanol–water partition coefficient (Wildman–Crippen LogP) is 2.81. The van der Waals surface area contributed by atoms with E-state index >= 15 is 0 Å². The minimum absolute atomic E-state index is 0.0884. The van der Waals surface area contributed by atoms with Gasteiger partial charge in [0.1, 0.15) is 4.90 Å². The normalized spacial score (nSPS) is 30.4. The Morgan fingerprint density at radius 1 is 1.35 bits per heavy atom. The summed E-state index contributed by atoms with van der Waals surface area (Å²) in [5.41, 5.74) is 0. The summed E-state index contributed by atoms with van der Waals surface area (Å²) in [6.45, 7) is 4.50. The van der Waals surface area contributed by atoms with Crippen molar-refractivity contribution in [2.45, 2.75) is 44.0 Å². The van der Waals surface area contributed by atoms with Crippen LogP contribution < -0.4 is 0 Å². The third-order valence-electron chi connectivity index (χ3n) is 3.80. The van der Waals surface area contributed by atoms with Crippen LogP contribution in [-0.2, 0) is 9.05 Å². The Labute approximate surface area is 106 Å². The van der Waals surface area contributed by atoms with E-state index in [4.69, 9.17) is 10.7 Å². The van der Waals surface area contributed by atoms with Gasteiger partial charge in [-0.1, -0.05) is 13.8 Å². The van der Waals surface area contributed by atoms with E-state index in [1.807, 2.05) is 0 Å². The summed E-state index contributed by atoms with van der Waals surface area (Å²) in [6, 6.07) is 0.299. The van der Waals surface area contributed by atoms with Crippen molar-refractivity contribution in [3.63, 3.8) is 0 Å². The van der Waals surface area contributed by atoms with Gasteiger partial charge >= 0.3 is 0 Å². The van der Waals surface area contributed by atoms with Crippen LogP contribution in [0.1, 0.15) is 39.2 Å². The van der Waals surface area contributed by atoms with Gasteiger partial charge in [-0.05, 0) is 31.1 Å². The fourth-order valence-corrected chi connectivity index (χ4v) is 3.05. The standard InChI is InChI=1S/C11H17ClN2O2S/c1-8-3-4-10(5-9(8)2)14-7-11(6-13-14)17(12,15)16/h6-10H,3-5H2,1-2H3. The second-order valence-electron chi connectivity index (χ2n) is 5.02. The largest absolute Gasteiger partial charge is 0.268 e. The molecule has 0 N–H and O–H groups in total. The zero-order chi connectivity index (χ0) is 12.6. The number of halogens is 1. The molecule has 3 atom stereocenters. The van der Waals surface area contributed by atoms with Gasteiger partial charge in [0.25, 0.3) is 9.05 Å². The topological polar surface area (TPSA) is 52.0 Å². The van der Waals surface area contributed by atoms with Gasteiger partial charge in [-0.25, -0.2) is 8.42 Å². The van der Waals surface area contributed by atoms with Crippen LogP contribution in [0.3, 0.4) is 0 Å². The van der Waals surface area contributed by atoms with Crippen molar-refractivity contribution in [1.29, 1.82) is 0 Å². The molecule has 1 saturated carbocycles. The number of aromatic nitrogens is 2. The molecule has 0 saturated heterocycles. The summed E-state index contributed by atoms with van der Waals surface area (Å²) >= 11 is 0. The zero-order valence-electron chi connectivity index (χ0n) is 10.0. The van der Waals surface area contributed by atoms with Crippen LogP contribution in [0.15, 0.2) is 17.3 Å². The molecule has 3 unspecified atom stereocenters. The van der Waals surface area contributed by atoms with Crippen molar-refractivity contribution < 1.29 is 8.42 Å². The second-order valence-corrected chi connectivity index (χ2v) is 7.58. The van der Waals surface area contributed by atoms with E-state index < -0.39 is 9.05 Å². The molecule has 17 heavy (non-hydrogen) atoms. The molecule has 1 aliphatic rings. The summed E-state index contributed by atoms with van der Waals surface area (Å²) in [5.74, 6) is 1.38. The molecule has 1 aliphatic carbocycles. The van der Waals surface area contributed by atoms with E-state index in [2.05, 4.69) is 18.9 Å². The Morgan fingerprint density at radius 3 is 2.59 bits per heavy atom. The van der Waals surface area contributed by atoms with E-state index in [1.165, 1.54) is 12.4 Å². The Hall–Kier alpha value is -0.550. The van der Waals surface area contributed by atoms with E-state index in [-0.39, 0.29) is 4.90 Å². The molecule has 0 bridgehead atoms. The fourth-order valence-electron chi connectivity index (χ4n) is 2.41. The van der Waals surface area contributed by atoms with Crippen LogP contribution in [0.25, 0.3) is 0 Å². The van der Waals surface area contributed by atoms with E-state index in [9.17, 15) is 8.42 Å². The van der Waals surface area contributed by atoms with Gasteiger partial charge in [-0.2, -0.15) is 5.10 Å². The fraction of sp³-hybridized carbons (Fsp3) is 0.727. The van der Waals surface area contributed by atoms with Gasteiger partial charge in [0, 0.05) is 16.9 Å². The zero-order valence-corrected chi connectivity index (χ0v) is 11.6. The monoisotopic (exact) mass is 276 g/mol. The summed E-state index contributed by atoms with van der Waals surface area (Å²) in [7, 11) is 1.63. The molecule has 0 aromatic carbocycles. The van der Waals surface area contributed by atoms with Crippen LogP contribution in [0.5, 0.6) is 0 Å². The van der Waals surface area contributed by atoms with Crippen molar-refractivity contribution in [3.8, 4) is 0 Å². The van der Waals surface area contributed by atoms with Crippen LogP contribution in [0, 0.1) is 11.8 Å². The van der Waals surface area contributed by atoms with E-state index in [0.29, 0.717) is 12.0 Å². The molecule has 2 rings (SSSR count). The smallest absolute Gasteiger partial charge is 0.264 e. The quantitative estimate of drug-likeness (QED) is 0.781. The lowest BCUT2D eigenvalue weighted by molar-refractivity contribution is 0.200. The highest BCUT2D eigenvalue weighted by Crippen LogP contribution is 2.36. The van der Waals surface area contributed by atoms with Crippen LogP contribution in [-0.4, -0.2) is 18.2 Å². The van der Waals surface area contributed by atoms with Gasteiger partial charge in [0.15, 0.2) is 0 Å². The Kier molecular flexibility index (Phi) is 3.50. The van der Waals surface area contributed by atoms with Crippen LogP contribution in [0.2, 0.25) is 0 Å². The first kappa shape index (κ1) is 12.9. The first-order valence-corrected chi connectivity index (χ1v) is 8.17. The molecule has 4 nitrogen and oxygen atoms in total. The number of hydrogen-bond acceptors (Lipinski definition) is 3. The minimum atomic E-state index is -3.66. The average molecular weight is 277 g/mol. The first-order valence-electron chi connectivity index (χ1n) is 5.86. The molecule has 0 aliphatic heterocycles. The molecular formula is C11H17ClN2O2S. The Balaban J connectivity index is 2.16. The van der Waals surface area contributed by atoms with Gasteiger partial charge in [0.2, 0.25) is 0 Å². The third kappa shape index (κ3) is 2.83. The SMILES string of the molecule is CC1CCC(n2cc(S(=O)(=O)Cl)cn2)CC1C. The number of rotatable bonds is 2. The molecule has 1 heterocycles. The van der Waals surface area contributed by atoms with Gasteiger partial charge in [-0.15, -0.1) is 0 Å². The van der Waals surface area contributed by atoms with Crippen molar-refractivity contribution in [1.82, 2.24) is 9.78 Å². The highest BCUT2D eigenvalue weighted by atomic mass is 35.7. The highest BCUT2D eigenvalue weighted by Gasteiger charge is 2.26. The predicted molar refractivity (Wildman–Crippen MR) is 66.5 cm³/mol. The van der Waals surface area contributed by atoms with Crippen molar-refractivity contribution >= 4 is 19.7 Å². The van der Waals surface area contributed by atoms with Crippen LogP contribution in [0.4, 0.5) is 0 Å². The lowest BCUT2D eigenvalue weighted by atomic mass is 9.79. The summed E-state index contributed by atoms with van der Waals surface area (Å²) in [5, 5.41) is 4.12. The Bertz CT molecular complexity index is 497. The van der Waals surface area contributed by atoms with Gasteiger partial charge < -0.3 is 0 Å². The van der Waals surface area contributed by atoms with E-state index in [0.717, 1.165) is 25.2 Å². The highest BCUT2D eigenvalue weighted by molar-refractivity contribution is 8.13. The number of nitrogens with zero attached hydrogens (tertiary/aromatic N) is 2. The minimum Gasteiger partial charge on any atom is -0.268 e. The molecule has 0 spiro atoms. The number of hydrogen-bond donors (Lipinski definition) is 0. The van der Waals surface area contributed by atoms with Gasteiger partial charge in [0.05, 0.1) is 12.2 Å². The van der Waals surface area contributed by atoms with Crippen molar-refractivity contribution in [2.75, 3.05) is 0 Å². The van der Waals surface area contributed by atoms with Crippen molar-refractivity contribution in [3.05, 3.63) is 12.4 Å².